The normalized spacial score (nSPS) is 10.3. The Bertz CT molecular complexity index is 525. The summed E-state index contributed by atoms with van der Waals surface area (Å²) in [4.78, 5) is 4.13. The first kappa shape index (κ1) is 12.2. The SMILES string of the molecule is CCCn1cc(Oc2nc(OC)ccc2N)cn1. The molecule has 0 radical (unpaired) electrons. The van der Waals surface area contributed by atoms with Gasteiger partial charge in [0, 0.05) is 12.6 Å². The average molecular weight is 248 g/mol. The third-order valence-electron chi connectivity index (χ3n) is 2.35. The zero-order valence-electron chi connectivity index (χ0n) is 10.5. The molecule has 0 aliphatic heterocycles. The van der Waals surface area contributed by atoms with Gasteiger partial charge in [-0.15, -0.1) is 0 Å². The Labute approximate surface area is 105 Å². The fourth-order valence-corrected chi connectivity index (χ4v) is 1.49. The fraction of sp³-hybridized carbons (Fsp3) is 0.333. The van der Waals surface area contributed by atoms with Crippen molar-refractivity contribution in [1.82, 2.24) is 14.8 Å². The Morgan fingerprint density at radius 3 is 2.94 bits per heavy atom. The molecular weight excluding hydrogens is 232 g/mol. The van der Waals surface area contributed by atoms with Crippen molar-refractivity contribution in [3.8, 4) is 17.5 Å². The number of aromatic nitrogens is 3. The zero-order valence-corrected chi connectivity index (χ0v) is 10.5. The molecule has 0 fully saturated rings. The molecular formula is C12H16N4O2. The Hall–Kier alpha value is -2.24. The summed E-state index contributed by atoms with van der Waals surface area (Å²) in [6, 6.07) is 3.38. The summed E-state index contributed by atoms with van der Waals surface area (Å²) < 4.78 is 12.4. The molecule has 0 atom stereocenters. The molecule has 0 saturated heterocycles. The molecule has 96 valence electrons. The number of aryl methyl sites for hydroxylation is 1. The number of ether oxygens (including phenoxy) is 2. The summed E-state index contributed by atoms with van der Waals surface area (Å²) >= 11 is 0. The molecule has 6 nitrogen and oxygen atoms in total. The van der Waals surface area contributed by atoms with E-state index in [9.17, 15) is 0 Å². The smallest absolute Gasteiger partial charge is 0.246 e. The van der Waals surface area contributed by atoms with E-state index in [4.69, 9.17) is 15.2 Å². The van der Waals surface area contributed by atoms with Gasteiger partial charge in [-0.05, 0) is 12.5 Å². The Morgan fingerprint density at radius 1 is 1.39 bits per heavy atom. The van der Waals surface area contributed by atoms with Crippen LogP contribution in [0, 0.1) is 0 Å². The van der Waals surface area contributed by atoms with E-state index in [1.807, 2.05) is 10.9 Å². The van der Waals surface area contributed by atoms with Crippen LogP contribution < -0.4 is 15.2 Å². The van der Waals surface area contributed by atoms with Crippen molar-refractivity contribution in [3.63, 3.8) is 0 Å². The summed E-state index contributed by atoms with van der Waals surface area (Å²) in [5.41, 5.74) is 6.24. The molecule has 2 heterocycles. The highest BCUT2D eigenvalue weighted by Gasteiger charge is 2.07. The minimum atomic E-state index is 0.324. The van der Waals surface area contributed by atoms with Crippen LogP contribution in [0.1, 0.15) is 13.3 Å². The van der Waals surface area contributed by atoms with Gasteiger partial charge in [0.15, 0.2) is 5.75 Å². The van der Waals surface area contributed by atoms with E-state index < -0.39 is 0 Å². The van der Waals surface area contributed by atoms with Crippen molar-refractivity contribution in [2.45, 2.75) is 19.9 Å². The predicted molar refractivity (Wildman–Crippen MR) is 67.8 cm³/mol. The lowest BCUT2D eigenvalue weighted by atomic mass is 10.4. The van der Waals surface area contributed by atoms with Crippen molar-refractivity contribution >= 4 is 5.69 Å². The molecule has 2 aromatic heterocycles. The third-order valence-corrected chi connectivity index (χ3v) is 2.35. The summed E-state index contributed by atoms with van der Waals surface area (Å²) in [5, 5.41) is 4.17. The maximum atomic E-state index is 5.79. The maximum absolute atomic E-state index is 5.79. The van der Waals surface area contributed by atoms with E-state index in [1.54, 1.807) is 25.4 Å². The van der Waals surface area contributed by atoms with Crippen molar-refractivity contribution in [3.05, 3.63) is 24.5 Å². The van der Waals surface area contributed by atoms with Gasteiger partial charge in [0.25, 0.3) is 0 Å². The molecule has 2 aromatic rings. The van der Waals surface area contributed by atoms with Crippen LogP contribution in [0.15, 0.2) is 24.5 Å². The number of nitrogens with two attached hydrogens (primary N) is 1. The highest BCUT2D eigenvalue weighted by atomic mass is 16.5. The molecule has 0 aliphatic carbocycles. The lowest BCUT2D eigenvalue weighted by Crippen LogP contribution is -1.97. The summed E-state index contributed by atoms with van der Waals surface area (Å²) in [6.07, 6.45) is 4.46. The van der Waals surface area contributed by atoms with Crippen LogP contribution in [0.4, 0.5) is 5.69 Å². The fourth-order valence-electron chi connectivity index (χ4n) is 1.49. The average Bonchev–Trinajstić information content (AvgIpc) is 2.80. The van der Waals surface area contributed by atoms with Gasteiger partial charge >= 0.3 is 0 Å². The van der Waals surface area contributed by atoms with Gasteiger partial charge < -0.3 is 15.2 Å². The van der Waals surface area contributed by atoms with E-state index in [-0.39, 0.29) is 0 Å². The number of methoxy groups -OCH3 is 1. The largest absolute Gasteiger partial charge is 0.481 e. The number of hydrogen-bond acceptors (Lipinski definition) is 5. The molecule has 0 unspecified atom stereocenters. The van der Waals surface area contributed by atoms with Gasteiger partial charge in [0.1, 0.15) is 0 Å². The third kappa shape index (κ3) is 2.71. The van der Waals surface area contributed by atoms with Gasteiger partial charge in [-0.25, -0.2) is 0 Å². The van der Waals surface area contributed by atoms with E-state index in [2.05, 4.69) is 17.0 Å². The quantitative estimate of drug-likeness (QED) is 0.876. The Balaban J connectivity index is 2.16. The highest BCUT2D eigenvalue weighted by Crippen LogP contribution is 2.27. The Kier molecular flexibility index (Phi) is 3.66. The van der Waals surface area contributed by atoms with Crippen molar-refractivity contribution in [2.75, 3.05) is 12.8 Å². The zero-order chi connectivity index (χ0) is 13.0. The van der Waals surface area contributed by atoms with Crippen LogP contribution in [0.2, 0.25) is 0 Å². The standard InChI is InChI=1S/C12H16N4O2/c1-3-6-16-8-9(7-14-16)18-12-10(13)4-5-11(15-12)17-2/h4-5,7-8H,3,6,13H2,1-2H3. The molecule has 0 bridgehead atoms. The molecule has 0 aromatic carbocycles. The first-order valence-corrected chi connectivity index (χ1v) is 5.73. The minimum Gasteiger partial charge on any atom is -0.481 e. The molecule has 0 amide bonds. The van der Waals surface area contributed by atoms with Crippen molar-refractivity contribution < 1.29 is 9.47 Å². The van der Waals surface area contributed by atoms with Crippen molar-refractivity contribution in [1.29, 1.82) is 0 Å². The van der Waals surface area contributed by atoms with Crippen molar-refractivity contribution in [2.24, 2.45) is 0 Å². The summed E-state index contributed by atoms with van der Waals surface area (Å²) in [5.74, 6) is 1.39. The van der Waals surface area contributed by atoms with Gasteiger partial charge in [-0.1, -0.05) is 6.92 Å². The summed E-state index contributed by atoms with van der Waals surface area (Å²) in [7, 11) is 1.54. The first-order chi connectivity index (χ1) is 8.72. The number of nitrogens with zero attached hydrogens (tertiary/aromatic N) is 3. The molecule has 2 rings (SSSR count). The number of nitrogen functional groups attached to an aromatic ring is 1. The number of pyridine rings is 1. The van der Waals surface area contributed by atoms with E-state index >= 15 is 0 Å². The predicted octanol–water partition coefficient (Wildman–Crippen LogP) is 2.07. The van der Waals surface area contributed by atoms with E-state index in [1.165, 1.54) is 0 Å². The lowest BCUT2D eigenvalue weighted by Gasteiger charge is -2.06. The second-order valence-electron chi connectivity index (χ2n) is 3.79. The van der Waals surface area contributed by atoms with Crippen LogP contribution in [0.3, 0.4) is 0 Å². The molecule has 0 aliphatic rings. The van der Waals surface area contributed by atoms with Crippen LogP contribution in [-0.4, -0.2) is 21.9 Å². The van der Waals surface area contributed by atoms with Crippen LogP contribution >= 0.6 is 0 Å². The van der Waals surface area contributed by atoms with Gasteiger partial charge in [0.2, 0.25) is 11.8 Å². The van der Waals surface area contributed by atoms with Crippen LogP contribution in [0.25, 0.3) is 0 Å². The molecule has 2 N–H and O–H groups in total. The van der Waals surface area contributed by atoms with Gasteiger partial charge in [-0.2, -0.15) is 10.1 Å². The monoisotopic (exact) mass is 248 g/mol. The van der Waals surface area contributed by atoms with E-state index in [0.29, 0.717) is 23.2 Å². The van der Waals surface area contributed by atoms with Crippen LogP contribution in [0.5, 0.6) is 17.5 Å². The molecule has 0 spiro atoms. The number of anilines is 1. The minimum absolute atomic E-state index is 0.324. The van der Waals surface area contributed by atoms with Gasteiger partial charge in [0.05, 0.1) is 25.2 Å². The first-order valence-electron chi connectivity index (χ1n) is 5.73. The second kappa shape index (κ2) is 5.39. The topological polar surface area (TPSA) is 75.2 Å². The number of rotatable bonds is 5. The number of hydrogen-bond donors (Lipinski definition) is 1. The highest BCUT2D eigenvalue weighted by molar-refractivity contribution is 5.50. The summed E-state index contributed by atoms with van der Waals surface area (Å²) in [6.45, 7) is 2.94. The van der Waals surface area contributed by atoms with Crippen LogP contribution in [-0.2, 0) is 6.54 Å². The molecule has 0 saturated carbocycles. The maximum Gasteiger partial charge on any atom is 0.246 e. The molecule has 6 heteroatoms. The lowest BCUT2D eigenvalue weighted by molar-refractivity contribution is 0.384. The second-order valence-corrected chi connectivity index (χ2v) is 3.79. The Morgan fingerprint density at radius 2 is 2.22 bits per heavy atom. The molecule has 18 heavy (non-hydrogen) atoms. The van der Waals surface area contributed by atoms with E-state index in [0.717, 1.165) is 13.0 Å². The van der Waals surface area contributed by atoms with Gasteiger partial charge in [-0.3, -0.25) is 4.68 Å².